The normalized spacial score (nSPS) is 13.3. The highest BCUT2D eigenvalue weighted by Gasteiger charge is 2.15. The fourth-order valence-electron chi connectivity index (χ4n) is 1.73. The lowest BCUT2D eigenvalue weighted by Gasteiger charge is -2.10. The lowest BCUT2D eigenvalue weighted by molar-refractivity contribution is 0.358. The first-order valence-electron chi connectivity index (χ1n) is 6.90. The summed E-state index contributed by atoms with van der Waals surface area (Å²) in [5.74, 6) is 0.819. The number of fused-ring (bicyclic) bond motifs is 1. The molecule has 0 radical (unpaired) electrons. The van der Waals surface area contributed by atoms with Crippen molar-refractivity contribution in [2.45, 2.75) is 4.90 Å². The highest BCUT2D eigenvalue weighted by Crippen LogP contribution is 2.22. The van der Waals surface area contributed by atoms with Crippen molar-refractivity contribution in [1.82, 2.24) is 0 Å². The summed E-state index contributed by atoms with van der Waals surface area (Å²) in [4.78, 5) is 0.146. The van der Waals surface area contributed by atoms with E-state index in [9.17, 15) is 8.42 Å². The molecule has 0 amide bonds. The molecule has 0 saturated carbocycles. The molecule has 0 spiro atoms. The standard InChI is InChI=1S/C9H8O.C7H7BrO3S/c1-2-6-9-8(4-1)5-3-7-10-9;1-11-12(9,10)7-5-3-2-4-6(7)8/h1-6H,7H2;2-5H,1H3/i4D;. The Morgan fingerprint density at radius 3 is 2.64 bits per heavy atom. The number of hydrogen-bond acceptors (Lipinski definition) is 4. The van der Waals surface area contributed by atoms with Gasteiger partial charge in [-0.15, -0.1) is 0 Å². The van der Waals surface area contributed by atoms with Crippen LogP contribution < -0.4 is 4.74 Å². The molecule has 2 aromatic carbocycles. The summed E-state index contributed by atoms with van der Waals surface area (Å²) in [5, 5.41) is 0. The smallest absolute Gasteiger partial charge is 0.297 e. The fourth-order valence-corrected chi connectivity index (χ4v) is 3.34. The molecular formula is C16H15BrO4S. The van der Waals surface area contributed by atoms with E-state index in [-0.39, 0.29) is 4.90 Å². The Bertz CT molecular complexity index is 819. The first-order chi connectivity index (χ1) is 11.0. The number of rotatable bonds is 2. The third-order valence-corrected chi connectivity index (χ3v) is 5.08. The molecule has 0 saturated heterocycles. The Morgan fingerprint density at radius 1 is 1.23 bits per heavy atom. The number of para-hydroxylation sites is 1. The van der Waals surface area contributed by atoms with E-state index in [0.29, 0.717) is 17.1 Å². The van der Waals surface area contributed by atoms with Gasteiger partial charge in [-0.25, -0.2) is 0 Å². The summed E-state index contributed by atoms with van der Waals surface area (Å²) in [6, 6.07) is 12.5. The minimum absolute atomic E-state index is 0.146. The molecule has 0 unspecified atom stereocenters. The number of benzene rings is 2. The van der Waals surface area contributed by atoms with Crippen molar-refractivity contribution in [3.63, 3.8) is 0 Å². The maximum absolute atomic E-state index is 11.2. The molecule has 0 atom stereocenters. The van der Waals surface area contributed by atoms with Crippen LogP contribution in [0.5, 0.6) is 5.75 Å². The second-order valence-corrected chi connectivity index (χ2v) is 6.75. The monoisotopic (exact) mass is 383 g/mol. The zero-order valence-corrected chi connectivity index (χ0v) is 14.2. The maximum Gasteiger partial charge on any atom is 0.297 e. The van der Waals surface area contributed by atoms with E-state index >= 15 is 0 Å². The SMILES string of the molecule is COS(=O)(=O)c1ccccc1Br.[2H]c1cccc2c1C=CCO2. The van der Waals surface area contributed by atoms with E-state index in [1.165, 1.54) is 6.07 Å². The second-order valence-electron chi connectivity index (χ2n) is 4.21. The second kappa shape index (κ2) is 7.58. The Kier molecular flexibility index (Phi) is 5.26. The van der Waals surface area contributed by atoms with Gasteiger partial charge < -0.3 is 4.74 Å². The van der Waals surface area contributed by atoms with Gasteiger partial charge in [0.25, 0.3) is 10.1 Å². The van der Waals surface area contributed by atoms with Crippen molar-refractivity contribution in [2.24, 2.45) is 0 Å². The summed E-state index contributed by atoms with van der Waals surface area (Å²) in [7, 11) is -2.44. The molecule has 0 N–H and O–H groups in total. The Morgan fingerprint density at radius 2 is 1.95 bits per heavy atom. The Labute approximate surface area is 140 Å². The third kappa shape index (κ3) is 4.19. The van der Waals surface area contributed by atoms with Gasteiger partial charge in [0.1, 0.15) is 17.3 Å². The molecule has 22 heavy (non-hydrogen) atoms. The van der Waals surface area contributed by atoms with E-state index in [2.05, 4.69) is 20.1 Å². The molecule has 2 aromatic rings. The quantitative estimate of drug-likeness (QED) is 0.738. The van der Waals surface area contributed by atoms with Crippen molar-refractivity contribution in [2.75, 3.05) is 13.7 Å². The van der Waals surface area contributed by atoms with Crippen LogP contribution in [0.4, 0.5) is 0 Å². The first-order valence-corrected chi connectivity index (χ1v) is 8.60. The molecule has 3 rings (SSSR count). The van der Waals surface area contributed by atoms with Gasteiger partial charge in [0.05, 0.1) is 8.48 Å². The minimum Gasteiger partial charge on any atom is -0.489 e. The minimum atomic E-state index is -3.58. The highest BCUT2D eigenvalue weighted by molar-refractivity contribution is 9.10. The maximum atomic E-state index is 11.2. The fraction of sp³-hybridized carbons (Fsp3) is 0.125. The summed E-state index contributed by atoms with van der Waals surface area (Å²) < 4.78 is 40.0. The van der Waals surface area contributed by atoms with Crippen LogP contribution in [0.3, 0.4) is 0 Å². The lowest BCUT2D eigenvalue weighted by Crippen LogP contribution is -2.03. The Hall–Kier alpha value is -1.63. The van der Waals surface area contributed by atoms with Crippen LogP contribution >= 0.6 is 15.9 Å². The van der Waals surface area contributed by atoms with Gasteiger partial charge in [-0.3, -0.25) is 4.18 Å². The predicted octanol–water partition coefficient (Wildman–Crippen LogP) is 3.88. The van der Waals surface area contributed by atoms with Crippen LogP contribution in [-0.2, 0) is 14.3 Å². The Balaban J connectivity index is 0.000000167. The molecular weight excluding hydrogens is 368 g/mol. The summed E-state index contributed by atoms with van der Waals surface area (Å²) in [6.45, 7) is 0.621. The zero-order valence-electron chi connectivity index (χ0n) is 12.8. The van der Waals surface area contributed by atoms with E-state index in [0.717, 1.165) is 18.4 Å². The van der Waals surface area contributed by atoms with E-state index in [1.54, 1.807) is 24.3 Å². The van der Waals surface area contributed by atoms with Gasteiger partial charge in [-0.05, 0) is 40.2 Å². The summed E-state index contributed by atoms with van der Waals surface area (Å²) >= 11 is 3.11. The van der Waals surface area contributed by atoms with Crippen molar-refractivity contribution in [3.05, 3.63) is 64.6 Å². The van der Waals surface area contributed by atoms with E-state index in [4.69, 9.17) is 6.11 Å². The molecule has 6 heteroatoms. The average molecular weight is 384 g/mol. The highest BCUT2D eigenvalue weighted by atomic mass is 79.9. The molecule has 1 aliphatic heterocycles. The van der Waals surface area contributed by atoms with Gasteiger partial charge in [0, 0.05) is 10.0 Å². The molecule has 0 fully saturated rings. The van der Waals surface area contributed by atoms with Crippen molar-refractivity contribution >= 4 is 32.1 Å². The molecule has 0 aromatic heterocycles. The van der Waals surface area contributed by atoms with Crippen LogP contribution in [-0.4, -0.2) is 22.1 Å². The van der Waals surface area contributed by atoms with Crippen molar-refractivity contribution in [3.8, 4) is 5.75 Å². The summed E-state index contributed by atoms with van der Waals surface area (Å²) in [5.41, 5.74) is 0.888. The van der Waals surface area contributed by atoms with Crippen LogP contribution in [0, 0.1) is 0 Å². The third-order valence-electron chi connectivity index (χ3n) is 2.79. The zero-order chi connectivity index (χ0) is 16.9. The summed E-state index contributed by atoms with van der Waals surface area (Å²) in [6.07, 6.45) is 3.85. The topological polar surface area (TPSA) is 52.6 Å². The lowest BCUT2D eigenvalue weighted by atomic mass is 10.1. The van der Waals surface area contributed by atoms with Gasteiger partial charge in [-0.1, -0.05) is 36.4 Å². The van der Waals surface area contributed by atoms with Gasteiger partial charge in [0.15, 0.2) is 0 Å². The van der Waals surface area contributed by atoms with Crippen molar-refractivity contribution in [1.29, 1.82) is 0 Å². The predicted molar refractivity (Wildman–Crippen MR) is 89.3 cm³/mol. The van der Waals surface area contributed by atoms with Crippen LogP contribution in [0.15, 0.2) is 64.0 Å². The van der Waals surface area contributed by atoms with E-state index in [1.807, 2.05) is 24.3 Å². The van der Waals surface area contributed by atoms with Gasteiger partial charge in [0.2, 0.25) is 0 Å². The molecule has 1 heterocycles. The molecule has 116 valence electrons. The number of halogens is 1. The number of ether oxygens (including phenoxy) is 1. The van der Waals surface area contributed by atoms with Crippen LogP contribution in [0.25, 0.3) is 6.08 Å². The molecule has 4 nitrogen and oxygen atoms in total. The molecule has 1 aliphatic rings. The van der Waals surface area contributed by atoms with Gasteiger partial charge in [-0.2, -0.15) is 8.42 Å². The van der Waals surface area contributed by atoms with Crippen LogP contribution in [0.1, 0.15) is 6.93 Å². The number of hydrogen-bond donors (Lipinski definition) is 0. The first kappa shape index (κ1) is 15.3. The van der Waals surface area contributed by atoms with Crippen molar-refractivity contribution < 1.29 is 18.7 Å². The molecule has 0 aliphatic carbocycles. The largest absolute Gasteiger partial charge is 0.489 e. The molecule has 0 bridgehead atoms. The van der Waals surface area contributed by atoms with Crippen LogP contribution in [0.2, 0.25) is 0 Å². The average Bonchev–Trinajstić information content (AvgIpc) is 2.56. The van der Waals surface area contributed by atoms with E-state index < -0.39 is 10.1 Å². The van der Waals surface area contributed by atoms with Gasteiger partial charge >= 0.3 is 0 Å².